The maximum atomic E-state index is 10.4. The van der Waals surface area contributed by atoms with Crippen LogP contribution < -0.4 is 0 Å². The number of rotatable bonds is 1. The summed E-state index contributed by atoms with van der Waals surface area (Å²) in [6.07, 6.45) is 1.19. The van der Waals surface area contributed by atoms with Crippen molar-refractivity contribution < 1.29 is 4.92 Å². The van der Waals surface area contributed by atoms with Gasteiger partial charge in [0.05, 0.1) is 4.92 Å². The van der Waals surface area contributed by atoms with Crippen LogP contribution in [0.5, 0.6) is 0 Å². The van der Waals surface area contributed by atoms with Gasteiger partial charge in [-0.1, -0.05) is 5.21 Å². The second kappa shape index (κ2) is 2.47. The SMILES string of the molecule is Cn1nnc2cc([N+](=O)[O-])cnc21. The first-order valence-corrected chi connectivity index (χ1v) is 3.48. The van der Waals surface area contributed by atoms with Gasteiger partial charge in [0.1, 0.15) is 11.7 Å². The van der Waals surface area contributed by atoms with Gasteiger partial charge >= 0.3 is 0 Å². The molecule has 0 bridgehead atoms. The zero-order chi connectivity index (χ0) is 9.42. The van der Waals surface area contributed by atoms with E-state index >= 15 is 0 Å². The molecule has 2 aromatic heterocycles. The Morgan fingerprint density at radius 3 is 3.08 bits per heavy atom. The van der Waals surface area contributed by atoms with Crippen molar-refractivity contribution in [3.63, 3.8) is 0 Å². The minimum atomic E-state index is -0.513. The normalized spacial score (nSPS) is 10.5. The van der Waals surface area contributed by atoms with E-state index in [0.29, 0.717) is 11.2 Å². The lowest BCUT2D eigenvalue weighted by atomic mass is 10.4. The summed E-state index contributed by atoms with van der Waals surface area (Å²) in [6, 6.07) is 1.34. The van der Waals surface area contributed by atoms with Crippen LogP contribution in [0.2, 0.25) is 0 Å². The van der Waals surface area contributed by atoms with Crippen LogP contribution in [0.25, 0.3) is 11.2 Å². The molecule has 2 heterocycles. The molecule has 66 valence electrons. The molecule has 2 aromatic rings. The Balaban J connectivity index is 2.70. The van der Waals surface area contributed by atoms with E-state index in [1.165, 1.54) is 16.9 Å². The number of aryl methyl sites for hydroxylation is 1. The van der Waals surface area contributed by atoms with Crippen LogP contribution in [0, 0.1) is 10.1 Å². The third-order valence-electron chi connectivity index (χ3n) is 1.64. The number of nitrogens with zero attached hydrogens (tertiary/aromatic N) is 5. The van der Waals surface area contributed by atoms with Crippen molar-refractivity contribution in [2.45, 2.75) is 0 Å². The van der Waals surface area contributed by atoms with E-state index < -0.39 is 4.92 Å². The molecule has 0 unspecified atom stereocenters. The average molecular weight is 179 g/mol. The zero-order valence-corrected chi connectivity index (χ0v) is 6.71. The van der Waals surface area contributed by atoms with Gasteiger partial charge < -0.3 is 0 Å². The predicted molar refractivity (Wildman–Crippen MR) is 43.0 cm³/mol. The van der Waals surface area contributed by atoms with Crippen LogP contribution in [0.3, 0.4) is 0 Å². The minimum absolute atomic E-state index is 0.0759. The third-order valence-corrected chi connectivity index (χ3v) is 1.64. The fraction of sp³-hybridized carbons (Fsp3) is 0.167. The highest BCUT2D eigenvalue weighted by Crippen LogP contribution is 2.14. The van der Waals surface area contributed by atoms with E-state index in [-0.39, 0.29) is 5.69 Å². The Hall–Kier alpha value is -2.05. The Morgan fingerprint density at radius 1 is 1.62 bits per heavy atom. The van der Waals surface area contributed by atoms with Gasteiger partial charge in [0.15, 0.2) is 5.65 Å². The van der Waals surface area contributed by atoms with Crippen LogP contribution in [-0.2, 0) is 7.05 Å². The van der Waals surface area contributed by atoms with Crippen molar-refractivity contribution >= 4 is 16.9 Å². The molecular weight excluding hydrogens is 174 g/mol. The molecule has 0 fully saturated rings. The molecule has 0 aliphatic carbocycles. The van der Waals surface area contributed by atoms with Gasteiger partial charge in [0.25, 0.3) is 5.69 Å². The molecule has 0 saturated carbocycles. The van der Waals surface area contributed by atoms with Gasteiger partial charge in [0.2, 0.25) is 0 Å². The monoisotopic (exact) mass is 179 g/mol. The molecule has 0 aliphatic heterocycles. The summed E-state index contributed by atoms with van der Waals surface area (Å²) in [5.74, 6) is 0. The molecule has 0 atom stereocenters. The predicted octanol–water partition coefficient (Wildman–Crippen LogP) is 0.271. The van der Waals surface area contributed by atoms with Gasteiger partial charge in [-0.25, -0.2) is 9.67 Å². The lowest BCUT2D eigenvalue weighted by Crippen LogP contribution is -1.93. The standard InChI is InChI=1S/C6H5N5O2/c1-10-6-5(8-9-10)2-4(3-7-6)11(12)13/h2-3H,1H3. The highest BCUT2D eigenvalue weighted by Gasteiger charge is 2.10. The second-order valence-corrected chi connectivity index (χ2v) is 2.51. The molecule has 0 amide bonds. The molecule has 13 heavy (non-hydrogen) atoms. The topological polar surface area (TPSA) is 86.7 Å². The molecule has 0 radical (unpaired) electrons. The molecule has 7 nitrogen and oxygen atoms in total. The van der Waals surface area contributed by atoms with E-state index in [9.17, 15) is 10.1 Å². The lowest BCUT2D eigenvalue weighted by molar-refractivity contribution is -0.385. The van der Waals surface area contributed by atoms with Crippen molar-refractivity contribution in [3.05, 3.63) is 22.4 Å². The minimum Gasteiger partial charge on any atom is -0.258 e. The van der Waals surface area contributed by atoms with Crippen LogP contribution >= 0.6 is 0 Å². The Kier molecular flexibility index (Phi) is 1.44. The average Bonchev–Trinajstić information content (AvgIpc) is 2.47. The first-order valence-electron chi connectivity index (χ1n) is 3.48. The summed E-state index contributed by atoms with van der Waals surface area (Å²) in [7, 11) is 1.67. The van der Waals surface area contributed by atoms with Gasteiger partial charge in [-0.15, -0.1) is 5.10 Å². The van der Waals surface area contributed by atoms with Crippen LogP contribution in [0.1, 0.15) is 0 Å². The maximum Gasteiger partial charge on any atom is 0.289 e. The largest absolute Gasteiger partial charge is 0.289 e. The molecule has 0 spiro atoms. The lowest BCUT2D eigenvalue weighted by Gasteiger charge is -1.90. The highest BCUT2D eigenvalue weighted by atomic mass is 16.6. The van der Waals surface area contributed by atoms with E-state index in [0.717, 1.165) is 0 Å². The quantitative estimate of drug-likeness (QED) is 0.463. The summed E-state index contributed by atoms with van der Waals surface area (Å²) in [5, 5.41) is 17.7. The first kappa shape index (κ1) is 7.59. The molecule has 0 aliphatic rings. The van der Waals surface area contributed by atoms with Crippen molar-refractivity contribution in [1.82, 2.24) is 20.0 Å². The first-order chi connectivity index (χ1) is 6.18. The molecule has 0 aromatic carbocycles. The Bertz CT molecular complexity index is 477. The summed E-state index contributed by atoms with van der Waals surface area (Å²) in [6.45, 7) is 0. The van der Waals surface area contributed by atoms with Crippen molar-refractivity contribution in [2.75, 3.05) is 0 Å². The van der Waals surface area contributed by atoms with E-state index in [2.05, 4.69) is 15.3 Å². The Morgan fingerprint density at radius 2 is 2.38 bits per heavy atom. The van der Waals surface area contributed by atoms with Crippen molar-refractivity contribution in [3.8, 4) is 0 Å². The van der Waals surface area contributed by atoms with Gasteiger partial charge in [-0.05, 0) is 0 Å². The fourth-order valence-electron chi connectivity index (χ4n) is 1.02. The number of aromatic nitrogens is 4. The number of hydrogen-bond donors (Lipinski definition) is 0. The van der Waals surface area contributed by atoms with Crippen LogP contribution in [0.4, 0.5) is 5.69 Å². The van der Waals surface area contributed by atoms with Gasteiger partial charge in [0, 0.05) is 13.1 Å². The summed E-state index contributed by atoms with van der Waals surface area (Å²) in [4.78, 5) is 13.7. The third kappa shape index (κ3) is 1.10. The number of nitro groups is 1. The molecule has 7 heteroatoms. The van der Waals surface area contributed by atoms with Crippen LogP contribution in [-0.4, -0.2) is 24.9 Å². The van der Waals surface area contributed by atoms with Gasteiger partial charge in [-0.3, -0.25) is 10.1 Å². The molecule has 0 saturated heterocycles. The molecule has 2 rings (SSSR count). The fourth-order valence-corrected chi connectivity index (χ4v) is 1.02. The summed E-state index contributed by atoms with van der Waals surface area (Å²) < 4.78 is 1.46. The van der Waals surface area contributed by atoms with Crippen LogP contribution in [0.15, 0.2) is 12.3 Å². The van der Waals surface area contributed by atoms with E-state index in [1.807, 2.05) is 0 Å². The number of hydrogen-bond acceptors (Lipinski definition) is 5. The number of pyridine rings is 1. The zero-order valence-electron chi connectivity index (χ0n) is 6.71. The van der Waals surface area contributed by atoms with Crippen molar-refractivity contribution in [2.24, 2.45) is 7.05 Å². The van der Waals surface area contributed by atoms with Crippen molar-refractivity contribution in [1.29, 1.82) is 0 Å². The molecular formula is C6H5N5O2. The van der Waals surface area contributed by atoms with Gasteiger partial charge in [-0.2, -0.15) is 0 Å². The summed E-state index contributed by atoms with van der Waals surface area (Å²) >= 11 is 0. The smallest absolute Gasteiger partial charge is 0.258 e. The molecule has 0 N–H and O–H groups in total. The van der Waals surface area contributed by atoms with E-state index in [1.54, 1.807) is 7.05 Å². The number of fused-ring (bicyclic) bond motifs is 1. The van der Waals surface area contributed by atoms with E-state index in [4.69, 9.17) is 0 Å². The maximum absolute atomic E-state index is 10.4. The highest BCUT2D eigenvalue weighted by molar-refractivity contribution is 5.71. The Labute approximate surface area is 72.1 Å². The summed E-state index contributed by atoms with van der Waals surface area (Å²) in [5.41, 5.74) is 0.885. The second-order valence-electron chi connectivity index (χ2n) is 2.51.